The van der Waals surface area contributed by atoms with Gasteiger partial charge in [0.05, 0.1) is 5.69 Å². The van der Waals surface area contributed by atoms with E-state index in [1.807, 2.05) is 45.0 Å². The van der Waals surface area contributed by atoms with E-state index in [9.17, 15) is 9.59 Å². The summed E-state index contributed by atoms with van der Waals surface area (Å²) < 4.78 is 10.8. The second-order valence-corrected chi connectivity index (χ2v) is 7.81. The van der Waals surface area contributed by atoms with Gasteiger partial charge in [-0.25, -0.2) is 9.59 Å². The number of fused-ring (bicyclic) bond motifs is 1. The number of piperidine rings is 1. The number of benzene rings is 1. The minimum absolute atomic E-state index is 0.00707. The summed E-state index contributed by atoms with van der Waals surface area (Å²) in [7, 11) is 0. The van der Waals surface area contributed by atoms with Crippen LogP contribution in [0.2, 0.25) is 0 Å². The van der Waals surface area contributed by atoms with Crippen LogP contribution in [-0.4, -0.2) is 41.8 Å². The number of ether oxygens (including phenoxy) is 2. The number of carbonyl (C=O) groups excluding carboxylic acids is 2. The minimum Gasteiger partial charge on any atom is -0.444 e. The van der Waals surface area contributed by atoms with E-state index in [1.165, 1.54) is 0 Å². The molecular formula is C19H26N2O4. The predicted octanol–water partition coefficient (Wildman–Crippen LogP) is 3.79. The van der Waals surface area contributed by atoms with E-state index in [4.69, 9.17) is 9.47 Å². The Hall–Kier alpha value is -2.24. The largest absolute Gasteiger partial charge is 0.444 e. The van der Waals surface area contributed by atoms with Crippen molar-refractivity contribution in [2.24, 2.45) is 5.92 Å². The number of rotatable bonds is 1. The number of carbonyl (C=O) groups is 2. The fraction of sp³-hybridized carbons (Fsp3) is 0.579. The van der Waals surface area contributed by atoms with Crippen molar-refractivity contribution in [1.82, 2.24) is 4.90 Å². The van der Waals surface area contributed by atoms with Crippen molar-refractivity contribution in [2.75, 3.05) is 18.0 Å². The summed E-state index contributed by atoms with van der Waals surface area (Å²) in [6.45, 7) is 9.09. The molecule has 1 saturated heterocycles. The highest BCUT2D eigenvalue weighted by Gasteiger charge is 2.39. The van der Waals surface area contributed by atoms with Gasteiger partial charge in [0.2, 0.25) is 0 Å². The molecule has 0 bridgehead atoms. The summed E-state index contributed by atoms with van der Waals surface area (Å²) in [5.41, 5.74) is 1.43. The molecule has 2 aliphatic heterocycles. The molecule has 136 valence electrons. The molecule has 3 rings (SSSR count). The summed E-state index contributed by atoms with van der Waals surface area (Å²) >= 11 is 0. The zero-order valence-corrected chi connectivity index (χ0v) is 15.3. The number of cyclic esters (lactones) is 1. The van der Waals surface area contributed by atoms with Gasteiger partial charge in [-0.15, -0.1) is 0 Å². The van der Waals surface area contributed by atoms with Gasteiger partial charge in [-0.1, -0.05) is 25.1 Å². The molecule has 1 aromatic carbocycles. The Labute approximate surface area is 148 Å². The maximum absolute atomic E-state index is 12.4. The third-order valence-corrected chi connectivity index (χ3v) is 4.64. The Morgan fingerprint density at radius 2 is 2.00 bits per heavy atom. The van der Waals surface area contributed by atoms with Gasteiger partial charge in [0.15, 0.2) is 0 Å². The number of likely N-dealkylation sites (tertiary alicyclic amines) is 1. The Morgan fingerprint density at radius 3 is 2.68 bits per heavy atom. The molecule has 0 radical (unpaired) electrons. The maximum Gasteiger partial charge on any atom is 0.414 e. The van der Waals surface area contributed by atoms with Gasteiger partial charge in [0, 0.05) is 24.7 Å². The molecule has 2 atom stereocenters. The lowest BCUT2D eigenvalue weighted by molar-refractivity contribution is 0.0153. The van der Waals surface area contributed by atoms with E-state index in [0.29, 0.717) is 26.1 Å². The highest BCUT2D eigenvalue weighted by molar-refractivity contribution is 5.91. The summed E-state index contributed by atoms with van der Waals surface area (Å²) in [5, 5.41) is 0. The minimum atomic E-state index is -0.507. The SMILES string of the molecule is C[C@@H]1CN(C(=O)OC(C)(C)C)CC[C@@H]1N1C(=O)OCc2ccccc21. The first-order valence-electron chi connectivity index (χ1n) is 8.78. The molecule has 6 nitrogen and oxygen atoms in total. The molecule has 0 saturated carbocycles. The van der Waals surface area contributed by atoms with Crippen molar-refractivity contribution >= 4 is 17.9 Å². The molecule has 0 aromatic heterocycles. The van der Waals surface area contributed by atoms with Crippen LogP contribution in [0, 0.1) is 5.92 Å². The van der Waals surface area contributed by atoms with E-state index >= 15 is 0 Å². The van der Waals surface area contributed by atoms with E-state index in [-0.39, 0.29) is 24.1 Å². The van der Waals surface area contributed by atoms with Gasteiger partial charge in [-0.2, -0.15) is 0 Å². The fourth-order valence-electron chi connectivity index (χ4n) is 3.50. The molecule has 2 heterocycles. The van der Waals surface area contributed by atoms with Gasteiger partial charge < -0.3 is 14.4 Å². The van der Waals surface area contributed by atoms with E-state index in [0.717, 1.165) is 11.3 Å². The van der Waals surface area contributed by atoms with Crippen molar-refractivity contribution < 1.29 is 19.1 Å². The summed E-state index contributed by atoms with van der Waals surface area (Å²) in [4.78, 5) is 28.2. The van der Waals surface area contributed by atoms with E-state index in [2.05, 4.69) is 6.92 Å². The van der Waals surface area contributed by atoms with E-state index < -0.39 is 5.60 Å². The Kier molecular flexibility index (Phi) is 4.62. The van der Waals surface area contributed by atoms with Crippen molar-refractivity contribution in [1.29, 1.82) is 0 Å². The lowest BCUT2D eigenvalue weighted by Crippen LogP contribution is -2.55. The molecule has 25 heavy (non-hydrogen) atoms. The van der Waals surface area contributed by atoms with Crippen LogP contribution in [0.25, 0.3) is 0 Å². The number of anilines is 1. The molecule has 2 aliphatic rings. The van der Waals surface area contributed by atoms with Crippen LogP contribution in [0.1, 0.15) is 39.7 Å². The maximum atomic E-state index is 12.4. The number of para-hydroxylation sites is 1. The van der Waals surface area contributed by atoms with Crippen molar-refractivity contribution in [3.63, 3.8) is 0 Å². The fourth-order valence-corrected chi connectivity index (χ4v) is 3.50. The molecule has 0 N–H and O–H groups in total. The van der Waals surface area contributed by atoms with Gasteiger partial charge >= 0.3 is 12.2 Å². The van der Waals surface area contributed by atoms with Crippen LogP contribution in [0.4, 0.5) is 15.3 Å². The standard InChI is InChI=1S/C19H26N2O4/c1-13-11-20(17(22)25-19(2,3)4)10-9-15(13)21-16-8-6-5-7-14(16)12-24-18(21)23/h5-8,13,15H,9-12H2,1-4H3/t13-,15+/m1/s1. The molecule has 1 fully saturated rings. The van der Waals surface area contributed by atoms with Crippen LogP contribution >= 0.6 is 0 Å². The molecule has 6 heteroatoms. The highest BCUT2D eigenvalue weighted by Crippen LogP contribution is 2.33. The van der Waals surface area contributed by atoms with Crippen LogP contribution in [0.5, 0.6) is 0 Å². The molecule has 1 aromatic rings. The molecule has 0 spiro atoms. The molecule has 0 unspecified atom stereocenters. The first kappa shape index (κ1) is 17.6. The molecule has 0 aliphatic carbocycles. The second kappa shape index (κ2) is 6.58. The lowest BCUT2D eigenvalue weighted by Gasteiger charge is -2.43. The van der Waals surface area contributed by atoms with Crippen molar-refractivity contribution in [3.8, 4) is 0 Å². The van der Waals surface area contributed by atoms with Gasteiger partial charge in [-0.05, 0) is 39.2 Å². The Bertz CT molecular complexity index is 668. The zero-order chi connectivity index (χ0) is 18.2. The quantitative estimate of drug-likeness (QED) is 0.776. The predicted molar refractivity (Wildman–Crippen MR) is 94.5 cm³/mol. The highest BCUT2D eigenvalue weighted by atomic mass is 16.6. The third-order valence-electron chi connectivity index (χ3n) is 4.64. The van der Waals surface area contributed by atoms with Gasteiger partial charge in [-0.3, -0.25) is 4.90 Å². The van der Waals surface area contributed by atoms with E-state index in [1.54, 1.807) is 9.80 Å². The molecule has 2 amide bonds. The summed E-state index contributed by atoms with van der Waals surface area (Å²) in [6, 6.07) is 7.83. The van der Waals surface area contributed by atoms with Crippen LogP contribution in [0.3, 0.4) is 0 Å². The first-order chi connectivity index (χ1) is 11.8. The van der Waals surface area contributed by atoms with Gasteiger partial charge in [0.1, 0.15) is 12.2 Å². The molecular weight excluding hydrogens is 320 g/mol. The van der Waals surface area contributed by atoms with Crippen LogP contribution in [-0.2, 0) is 16.1 Å². The Balaban J connectivity index is 1.74. The smallest absolute Gasteiger partial charge is 0.414 e. The normalized spacial score (nSPS) is 23.8. The number of hydrogen-bond acceptors (Lipinski definition) is 4. The monoisotopic (exact) mass is 346 g/mol. The van der Waals surface area contributed by atoms with Crippen LogP contribution < -0.4 is 4.90 Å². The van der Waals surface area contributed by atoms with Crippen molar-refractivity contribution in [2.45, 2.75) is 52.4 Å². The summed E-state index contributed by atoms with van der Waals surface area (Å²) in [5.74, 6) is 0.125. The third kappa shape index (κ3) is 3.72. The number of hydrogen-bond donors (Lipinski definition) is 0. The average molecular weight is 346 g/mol. The summed E-state index contributed by atoms with van der Waals surface area (Å²) in [6.07, 6.45) is 0.102. The topological polar surface area (TPSA) is 59.1 Å². The van der Waals surface area contributed by atoms with Crippen molar-refractivity contribution in [3.05, 3.63) is 29.8 Å². The van der Waals surface area contributed by atoms with Crippen LogP contribution in [0.15, 0.2) is 24.3 Å². The van der Waals surface area contributed by atoms with Gasteiger partial charge in [0.25, 0.3) is 0 Å². The number of amides is 2. The number of nitrogens with zero attached hydrogens (tertiary/aromatic N) is 2. The average Bonchev–Trinajstić information content (AvgIpc) is 2.54. The Morgan fingerprint density at radius 1 is 1.28 bits per heavy atom. The lowest BCUT2D eigenvalue weighted by atomic mass is 9.91. The first-order valence-corrected chi connectivity index (χ1v) is 8.78. The second-order valence-electron chi connectivity index (χ2n) is 7.81. The zero-order valence-electron chi connectivity index (χ0n) is 15.3.